The highest BCUT2D eigenvalue weighted by Gasteiger charge is 2.08. The number of ether oxygens (including phenoxy) is 1. The van der Waals surface area contributed by atoms with E-state index in [9.17, 15) is 5.11 Å². The summed E-state index contributed by atoms with van der Waals surface area (Å²) in [6.07, 6.45) is 1.56. The van der Waals surface area contributed by atoms with Crippen LogP contribution in [0.25, 0.3) is 0 Å². The van der Waals surface area contributed by atoms with Gasteiger partial charge in [-0.2, -0.15) is 0 Å². The molecule has 0 aromatic heterocycles. The van der Waals surface area contributed by atoms with Crippen molar-refractivity contribution in [1.82, 2.24) is 0 Å². The van der Waals surface area contributed by atoms with Gasteiger partial charge >= 0.3 is 0 Å². The van der Waals surface area contributed by atoms with Crippen LogP contribution >= 0.6 is 15.9 Å². The Morgan fingerprint density at radius 3 is 2.62 bits per heavy atom. The van der Waals surface area contributed by atoms with Gasteiger partial charge in [-0.05, 0) is 37.5 Å². The molecule has 0 aliphatic carbocycles. The van der Waals surface area contributed by atoms with Crippen molar-refractivity contribution in [3.05, 3.63) is 27.7 Å². The number of aliphatic hydroxyl groups excluding tert-OH is 2. The first-order valence-corrected chi connectivity index (χ1v) is 6.12. The van der Waals surface area contributed by atoms with Crippen LogP contribution in [-0.4, -0.2) is 23.4 Å². The molecule has 0 spiro atoms. The summed E-state index contributed by atoms with van der Waals surface area (Å²) in [5.41, 5.74) is 1.79. The fourth-order valence-corrected chi connectivity index (χ4v) is 2.13. The Hall–Kier alpha value is -0.580. The van der Waals surface area contributed by atoms with E-state index in [1.165, 1.54) is 0 Å². The van der Waals surface area contributed by atoms with Crippen molar-refractivity contribution in [2.75, 3.05) is 13.2 Å². The Morgan fingerprint density at radius 2 is 2.00 bits per heavy atom. The molecule has 0 unspecified atom stereocenters. The van der Waals surface area contributed by atoms with Crippen LogP contribution in [0, 0.1) is 6.92 Å². The summed E-state index contributed by atoms with van der Waals surface area (Å²) in [5, 5.41) is 17.9. The Balaban J connectivity index is 2.70. The largest absolute Gasteiger partial charge is 0.493 e. The molecule has 3 nitrogen and oxygen atoms in total. The molecule has 1 rings (SSSR count). The van der Waals surface area contributed by atoms with Gasteiger partial charge in [-0.3, -0.25) is 0 Å². The number of hydrogen-bond acceptors (Lipinski definition) is 3. The summed E-state index contributed by atoms with van der Waals surface area (Å²) in [4.78, 5) is 0. The molecule has 0 radical (unpaired) electrons. The Morgan fingerprint density at radius 1 is 1.25 bits per heavy atom. The van der Waals surface area contributed by atoms with E-state index in [0.29, 0.717) is 6.61 Å². The molecule has 90 valence electrons. The molecular formula is C12H17BrO3. The first-order valence-electron chi connectivity index (χ1n) is 5.32. The predicted molar refractivity (Wildman–Crippen MR) is 66.6 cm³/mol. The zero-order valence-corrected chi connectivity index (χ0v) is 11.0. The third-order valence-electron chi connectivity index (χ3n) is 2.29. The van der Waals surface area contributed by atoms with Gasteiger partial charge in [0.15, 0.2) is 0 Å². The predicted octanol–water partition coefficient (Wildman–Crippen LogP) is 2.40. The third kappa shape index (κ3) is 3.77. The SMILES string of the molecule is Cc1cc(Br)cc(CO)c1OCCCCO. The number of rotatable bonds is 6. The fraction of sp³-hybridized carbons (Fsp3) is 0.500. The van der Waals surface area contributed by atoms with Crippen LogP contribution in [0.1, 0.15) is 24.0 Å². The van der Waals surface area contributed by atoms with Gasteiger partial charge in [0, 0.05) is 16.6 Å². The van der Waals surface area contributed by atoms with Crippen molar-refractivity contribution < 1.29 is 14.9 Å². The maximum atomic E-state index is 9.23. The molecule has 16 heavy (non-hydrogen) atoms. The molecule has 0 fully saturated rings. The van der Waals surface area contributed by atoms with Gasteiger partial charge in [0.1, 0.15) is 5.75 Å². The number of aliphatic hydroxyl groups is 2. The van der Waals surface area contributed by atoms with Gasteiger partial charge in [-0.15, -0.1) is 0 Å². The summed E-state index contributed by atoms with van der Waals surface area (Å²) in [5.74, 6) is 0.753. The number of aryl methyl sites for hydroxylation is 1. The van der Waals surface area contributed by atoms with E-state index in [1.54, 1.807) is 0 Å². The van der Waals surface area contributed by atoms with Crippen molar-refractivity contribution in [2.24, 2.45) is 0 Å². The third-order valence-corrected chi connectivity index (χ3v) is 2.74. The fourth-order valence-electron chi connectivity index (χ4n) is 1.51. The Kier molecular flexibility index (Phi) is 5.80. The molecule has 0 saturated heterocycles. The van der Waals surface area contributed by atoms with E-state index in [4.69, 9.17) is 9.84 Å². The van der Waals surface area contributed by atoms with Gasteiger partial charge in [0.25, 0.3) is 0 Å². The number of hydrogen-bond donors (Lipinski definition) is 2. The van der Waals surface area contributed by atoms with Crippen molar-refractivity contribution in [3.63, 3.8) is 0 Å². The first kappa shape index (κ1) is 13.5. The normalized spacial score (nSPS) is 10.5. The van der Waals surface area contributed by atoms with E-state index >= 15 is 0 Å². The zero-order valence-electron chi connectivity index (χ0n) is 9.37. The molecule has 0 saturated carbocycles. The van der Waals surface area contributed by atoms with Crippen LogP contribution in [-0.2, 0) is 6.61 Å². The average Bonchev–Trinajstić information content (AvgIpc) is 2.26. The lowest BCUT2D eigenvalue weighted by molar-refractivity contribution is 0.241. The van der Waals surface area contributed by atoms with Crippen molar-refractivity contribution in [3.8, 4) is 5.75 Å². The lowest BCUT2D eigenvalue weighted by Crippen LogP contribution is -2.03. The van der Waals surface area contributed by atoms with Crippen LogP contribution in [0.5, 0.6) is 5.75 Å². The van der Waals surface area contributed by atoms with Gasteiger partial charge in [0.05, 0.1) is 13.2 Å². The average molecular weight is 289 g/mol. The highest BCUT2D eigenvalue weighted by Crippen LogP contribution is 2.28. The highest BCUT2D eigenvalue weighted by molar-refractivity contribution is 9.10. The summed E-state index contributed by atoms with van der Waals surface area (Å²) >= 11 is 3.38. The minimum Gasteiger partial charge on any atom is -0.493 e. The summed E-state index contributed by atoms with van der Waals surface area (Å²) < 4.78 is 6.57. The molecule has 2 N–H and O–H groups in total. The maximum Gasteiger partial charge on any atom is 0.127 e. The van der Waals surface area contributed by atoms with E-state index in [0.717, 1.165) is 34.2 Å². The number of benzene rings is 1. The second kappa shape index (κ2) is 6.89. The number of unbranched alkanes of at least 4 members (excludes halogenated alkanes) is 1. The monoisotopic (exact) mass is 288 g/mol. The Bertz CT molecular complexity index is 339. The molecule has 1 aromatic carbocycles. The van der Waals surface area contributed by atoms with Gasteiger partial charge < -0.3 is 14.9 Å². The minimum atomic E-state index is -0.0321. The second-order valence-electron chi connectivity index (χ2n) is 3.65. The summed E-state index contributed by atoms with van der Waals surface area (Å²) in [7, 11) is 0. The zero-order chi connectivity index (χ0) is 12.0. The molecule has 0 aliphatic rings. The van der Waals surface area contributed by atoms with Crippen molar-refractivity contribution >= 4 is 15.9 Å². The van der Waals surface area contributed by atoms with Gasteiger partial charge in [-0.25, -0.2) is 0 Å². The van der Waals surface area contributed by atoms with Crippen LogP contribution in [0.15, 0.2) is 16.6 Å². The first-order chi connectivity index (χ1) is 7.69. The number of halogens is 1. The highest BCUT2D eigenvalue weighted by atomic mass is 79.9. The standard InChI is InChI=1S/C12H17BrO3/c1-9-6-11(13)7-10(8-15)12(9)16-5-3-2-4-14/h6-7,14-15H,2-5,8H2,1H3. The minimum absolute atomic E-state index is 0.0321. The topological polar surface area (TPSA) is 49.7 Å². The van der Waals surface area contributed by atoms with E-state index in [1.807, 2.05) is 19.1 Å². The Labute approximate surface area is 104 Å². The molecule has 0 amide bonds. The van der Waals surface area contributed by atoms with Crippen molar-refractivity contribution in [2.45, 2.75) is 26.4 Å². The van der Waals surface area contributed by atoms with Crippen molar-refractivity contribution in [1.29, 1.82) is 0 Å². The van der Waals surface area contributed by atoms with Gasteiger partial charge in [-0.1, -0.05) is 15.9 Å². The van der Waals surface area contributed by atoms with Crippen LogP contribution in [0.3, 0.4) is 0 Å². The van der Waals surface area contributed by atoms with E-state index in [-0.39, 0.29) is 13.2 Å². The molecular weight excluding hydrogens is 272 g/mol. The molecule has 0 atom stereocenters. The summed E-state index contributed by atoms with van der Waals surface area (Å²) in [6.45, 7) is 2.67. The molecule has 0 heterocycles. The van der Waals surface area contributed by atoms with Gasteiger partial charge in [0.2, 0.25) is 0 Å². The second-order valence-corrected chi connectivity index (χ2v) is 4.56. The molecule has 1 aromatic rings. The molecule has 0 bridgehead atoms. The molecule has 4 heteroatoms. The van der Waals surface area contributed by atoms with E-state index in [2.05, 4.69) is 15.9 Å². The van der Waals surface area contributed by atoms with Crippen LogP contribution in [0.2, 0.25) is 0 Å². The smallest absolute Gasteiger partial charge is 0.127 e. The lowest BCUT2D eigenvalue weighted by Gasteiger charge is -2.13. The van der Waals surface area contributed by atoms with Crippen LogP contribution in [0.4, 0.5) is 0 Å². The lowest BCUT2D eigenvalue weighted by atomic mass is 10.1. The molecule has 0 aliphatic heterocycles. The quantitative estimate of drug-likeness (QED) is 0.791. The summed E-state index contributed by atoms with van der Waals surface area (Å²) in [6, 6.07) is 3.81. The van der Waals surface area contributed by atoms with E-state index < -0.39 is 0 Å². The van der Waals surface area contributed by atoms with Crippen LogP contribution < -0.4 is 4.74 Å². The maximum absolute atomic E-state index is 9.23.